The monoisotopic (exact) mass is 291 g/mol. The molecule has 7 heteroatoms. The van der Waals surface area contributed by atoms with Gasteiger partial charge in [-0.05, 0) is 24.4 Å². The van der Waals surface area contributed by atoms with E-state index in [1.807, 2.05) is 18.2 Å². The number of rotatable bonds is 2. The number of hydrogen-bond donors (Lipinski definition) is 1. The van der Waals surface area contributed by atoms with Crippen LogP contribution in [0.4, 0.5) is 0 Å². The maximum Gasteiger partial charge on any atom is 0.252 e. The summed E-state index contributed by atoms with van der Waals surface area (Å²) < 4.78 is 7.37. The number of ether oxygens (including phenoxy) is 1. The number of carbonyl (C=O) groups excluding carboxylic acids is 2. The number of nitrogens with one attached hydrogen (secondary N) is 1. The van der Waals surface area contributed by atoms with Crippen LogP contribution < -0.4 is 4.74 Å². The first kappa shape index (κ1) is 12.9. The highest BCUT2D eigenvalue weighted by Crippen LogP contribution is 2.31. The lowest BCUT2D eigenvalue weighted by atomic mass is 10.2. The molecular weight excluding hydrogens is 278 g/mol. The SMILES string of the molecule is COc1cccc2c1[nH]c(=S)n2C1CC(=O)N(C)C1=O. The number of amides is 2. The summed E-state index contributed by atoms with van der Waals surface area (Å²) in [6.45, 7) is 0. The van der Waals surface area contributed by atoms with Crippen LogP contribution in [0.1, 0.15) is 12.5 Å². The van der Waals surface area contributed by atoms with Gasteiger partial charge in [0.1, 0.15) is 17.3 Å². The molecule has 1 fully saturated rings. The molecule has 1 N–H and O–H groups in total. The van der Waals surface area contributed by atoms with Crippen LogP contribution >= 0.6 is 12.2 Å². The second-order valence-corrected chi connectivity index (χ2v) is 5.05. The highest BCUT2D eigenvalue weighted by Gasteiger charge is 2.38. The van der Waals surface area contributed by atoms with Crippen molar-refractivity contribution in [2.24, 2.45) is 0 Å². The molecule has 104 valence electrons. The van der Waals surface area contributed by atoms with Crippen molar-refractivity contribution in [1.82, 2.24) is 14.5 Å². The molecule has 1 unspecified atom stereocenters. The van der Waals surface area contributed by atoms with E-state index in [2.05, 4.69) is 4.98 Å². The fourth-order valence-corrected chi connectivity index (χ4v) is 2.87. The van der Waals surface area contributed by atoms with Gasteiger partial charge >= 0.3 is 0 Å². The number of H-pyrrole nitrogens is 1. The van der Waals surface area contributed by atoms with Crippen LogP contribution in [0.15, 0.2) is 18.2 Å². The lowest BCUT2D eigenvalue weighted by molar-refractivity contribution is -0.137. The fraction of sp³-hybridized carbons (Fsp3) is 0.308. The van der Waals surface area contributed by atoms with Gasteiger partial charge in [0, 0.05) is 7.05 Å². The molecule has 20 heavy (non-hydrogen) atoms. The topological polar surface area (TPSA) is 67.3 Å². The molecule has 1 aliphatic heterocycles. The van der Waals surface area contributed by atoms with Gasteiger partial charge in [-0.1, -0.05) is 6.07 Å². The summed E-state index contributed by atoms with van der Waals surface area (Å²) in [5, 5.41) is 0. The first-order chi connectivity index (χ1) is 9.54. The Bertz CT molecular complexity index is 777. The van der Waals surface area contributed by atoms with Crippen molar-refractivity contribution in [3.63, 3.8) is 0 Å². The average Bonchev–Trinajstić information content (AvgIpc) is 2.89. The van der Waals surface area contributed by atoms with Crippen molar-refractivity contribution in [2.75, 3.05) is 14.2 Å². The quantitative estimate of drug-likeness (QED) is 0.674. The minimum atomic E-state index is -0.583. The smallest absolute Gasteiger partial charge is 0.252 e. The molecule has 0 aliphatic carbocycles. The molecule has 2 heterocycles. The first-order valence-electron chi connectivity index (χ1n) is 6.12. The highest BCUT2D eigenvalue weighted by atomic mass is 32.1. The minimum absolute atomic E-state index is 0.133. The lowest BCUT2D eigenvalue weighted by Crippen LogP contribution is -2.26. The third-order valence-corrected chi connectivity index (χ3v) is 3.90. The zero-order chi connectivity index (χ0) is 14.4. The summed E-state index contributed by atoms with van der Waals surface area (Å²) in [4.78, 5) is 28.0. The normalized spacial score (nSPS) is 19.1. The van der Waals surface area contributed by atoms with Crippen molar-refractivity contribution < 1.29 is 14.3 Å². The van der Waals surface area contributed by atoms with Gasteiger partial charge in [-0.15, -0.1) is 0 Å². The number of aromatic amines is 1. The van der Waals surface area contributed by atoms with Gasteiger partial charge in [-0.3, -0.25) is 14.5 Å². The Balaban J connectivity index is 2.23. The van der Waals surface area contributed by atoms with Gasteiger partial charge in [0.15, 0.2) is 4.77 Å². The Labute approximate surface area is 119 Å². The van der Waals surface area contributed by atoms with Gasteiger partial charge in [-0.2, -0.15) is 0 Å². The second-order valence-electron chi connectivity index (χ2n) is 4.67. The summed E-state index contributed by atoms with van der Waals surface area (Å²) in [5.41, 5.74) is 1.49. The predicted octanol–water partition coefficient (Wildman–Crippen LogP) is 1.64. The number of carbonyl (C=O) groups is 2. The van der Waals surface area contributed by atoms with E-state index < -0.39 is 6.04 Å². The van der Waals surface area contributed by atoms with E-state index in [1.54, 1.807) is 11.7 Å². The zero-order valence-electron chi connectivity index (χ0n) is 11.0. The Kier molecular flexibility index (Phi) is 2.86. The first-order valence-corrected chi connectivity index (χ1v) is 6.53. The number of para-hydroxylation sites is 1. The van der Waals surface area contributed by atoms with Crippen LogP contribution in [0.2, 0.25) is 0 Å². The molecule has 3 rings (SSSR count). The van der Waals surface area contributed by atoms with Crippen molar-refractivity contribution in [2.45, 2.75) is 12.5 Å². The molecule has 1 atom stereocenters. The maximum absolute atomic E-state index is 12.2. The van der Waals surface area contributed by atoms with Crippen LogP contribution in [0, 0.1) is 4.77 Å². The zero-order valence-corrected chi connectivity index (χ0v) is 11.9. The molecule has 2 amide bonds. The molecule has 0 bridgehead atoms. The summed E-state index contributed by atoms with van der Waals surface area (Å²) in [6, 6.07) is 4.90. The van der Waals surface area contributed by atoms with E-state index in [9.17, 15) is 9.59 Å². The average molecular weight is 291 g/mol. The third kappa shape index (κ3) is 1.66. The molecule has 1 saturated heterocycles. The van der Waals surface area contributed by atoms with E-state index in [1.165, 1.54) is 7.05 Å². The predicted molar refractivity (Wildman–Crippen MR) is 75.1 cm³/mol. The second kappa shape index (κ2) is 4.45. The minimum Gasteiger partial charge on any atom is -0.494 e. The number of nitrogens with zero attached hydrogens (tertiary/aromatic N) is 2. The molecular formula is C13H13N3O3S. The molecule has 1 aromatic carbocycles. The van der Waals surface area contributed by atoms with Crippen molar-refractivity contribution >= 4 is 35.1 Å². The summed E-state index contributed by atoms with van der Waals surface area (Å²) in [7, 11) is 3.06. The Hall–Kier alpha value is -2.15. The Morgan fingerprint density at radius 2 is 2.15 bits per heavy atom. The van der Waals surface area contributed by atoms with Crippen molar-refractivity contribution in [3.05, 3.63) is 23.0 Å². The van der Waals surface area contributed by atoms with E-state index in [4.69, 9.17) is 17.0 Å². The largest absolute Gasteiger partial charge is 0.494 e. The van der Waals surface area contributed by atoms with Gasteiger partial charge in [0.05, 0.1) is 19.0 Å². The molecule has 6 nitrogen and oxygen atoms in total. The van der Waals surface area contributed by atoms with Crippen LogP contribution in [0.3, 0.4) is 0 Å². The Morgan fingerprint density at radius 1 is 1.40 bits per heavy atom. The standard InChI is InChI=1S/C13H13N3O3S/c1-15-10(17)6-8(12(15)18)16-7-4-3-5-9(19-2)11(7)14-13(16)20/h3-5,8H,6H2,1-2H3,(H,14,20). The Morgan fingerprint density at radius 3 is 2.75 bits per heavy atom. The molecule has 0 radical (unpaired) electrons. The van der Waals surface area contributed by atoms with Crippen LogP contribution in [0.5, 0.6) is 5.75 Å². The van der Waals surface area contributed by atoms with Gasteiger partial charge in [-0.25, -0.2) is 0 Å². The van der Waals surface area contributed by atoms with E-state index in [0.29, 0.717) is 10.5 Å². The number of aromatic nitrogens is 2. The molecule has 1 aliphatic rings. The lowest BCUT2D eigenvalue weighted by Gasteiger charge is -2.11. The summed E-state index contributed by atoms with van der Waals surface area (Å²) in [5.74, 6) is 0.214. The number of imide groups is 1. The van der Waals surface area contributed by atoms with Crippen molar-refractivity contribution in [3.8, 4) is 5.75 Å². The van der Waals surface area contributed by atoms with Crippen molar-refractivity contribution in [1.29, 1.82) is 0 Å². The number of likely N-dealkylation sites (tertiary alicyclic amines) is 1. The molecule has 2 aromatic rings. The summed E-state index contributed by atoms with van der Waals surface area (Å²) >= 11 is 5.30. The molecule has 0 saturated carbocycles. The highest BCUT2D eigenvalue weighted by molar-refractivity contribution is 7.71. The number of benzene rings is 1. The molecule has 1 aromatic heterocycles. The number of imidazole rings is 1. The van der Waals surface area contributed by atoms with E-state index in [-0.39, 0.29) is 18.2 Å². The third-order valence-electron chi connectivity index (χ3n) is 3.60. The maximum atomic E-state index is 12.2. The van der Waals surface area contributed by atoms with Gasteiger partial charge in [0.2, 0.25) is 5.91 Å². The van der Waals surface area contributed by atoms with Crippen LogP contribution in [-0.2, 0) is 9.59 Å². The van der Waals surface area contributed by atoms with Crippen LogP contribution in [-0.4, -0.2) is 40.4 Å². The van der Waals surface area contributed by atoms with Gasteiger partial charge in [0.25, 0.3) is 5.91 Å². The van der Waals surface area contributed by atoms with E-state index in [0.717, 1.165) is 15.9 Å². The number of likely N-dealkylation sites (N-methyl/N-ethyl adjacent to an activating group) is 1. The van der Waals surface area contributed by atoms with Gasteiger partial charge < -0.3 is 14.3 Å². The summed E-state index contributed by atoms with van der Waals surface area (Å²) in [6.07, 6.45) is 0.133. The number of hydrogen-bond acceptors (Lipinski definition) is 4. The number of methoxy groups -OCH3 is 1. The van der Waals surface area contributed by atoms with E-state index >= 15 is 0 Å². The van der Waals surface area contributed by atoms with Crippen LogP contribution in [0.25, 0.3) is 11.0 Å². The fourth-order valence-electron chi connectivity index (χ4n) is 2.54. The number of fused-ring (bicyclic) bond motifs is 1. The molecule has 0 spiro atoms.